The molecule has 1 fully saturated rings. The Balaban J connectivity index is 2.10. The van der Waals surface area contributed by atoms with Crippen LogP contribution in [-0.4, -0.2) is 32.1 Å². The quantitative estimate of drug-likeness (QED) is 0.824. The molecule has 0 unspecified atom stereocenters. The molecular formula is C18H30N2O3S. The molecule has 6 heteroatoms. The summed E-state index contributed by atoms with van der Waals surface area (Å²) in [7, 11) is -3.53. The van der Waals surface area contributed by atoms with Crippen LogP contribution in [0.15, 0.2) is 29.2 Å². The normalized spacial score (nSPS) is 20.7. The van der Waals surface area contributed by atoms with Crippen molar-refractivity contribution in [1.82, 2.24) is 10.0 Å². The van der Waals surface area contributed by atoms with E-state index in [4.69, 9.17) is 4.74 Å². The molecule has 1 aromatic rings. The lowest BCUT2D eigenvalue weighted by Crippen LogP contribution is -2.62. The van der Waals surface area contributed by atoms with E-state index in [1.165, 1.54) is 0 Å². The summed E-state index contributed by atoms with van der Waals surface area (Å²) in [5, 5.41) is 3.56. The fourth-order valence-electron chi connectivity index (χ4n) is 3.63. The first kappa shape index (κ1) is 19.2. The van der Waals surface area contributed by atoms with E-state index in [1.807, 2.05) is 6.92 Å². The molecule has 5 nitrogen and oxygen atoms in total. The largest absolute Gasteiger partial charge is 0.494 e. The molecule has 0 amide bonds. The lowest BCUT2D eigenvalue weighted by Gasteiger charge is -2.46. The second-order valence-corrected chi connectivity index (χ2v) is 9.65. The predicted octanol–water partition coefficient (Wildman–Crippen LogP) is 3.06. The molecule has 1 saturated heterocycles. The minimum absolute atomic E-state index is 0.0859. The lowest BCUT2D eigenvalue weighted by atomic mass is 9.80. The summed E-state index contributed by atoms with van der Waals surface area (Å²) in [5.74, 6) is 0.694. The molecule has 0 saturated carbocycles. The van der Waals surface area contributed by atoms with E-state index in [0.29, 0.717) is 12.4 Å². The Morgan fingerprint density at radius 1 is 1.12 bits per heavy atom. The first-order valence-electron chi connectivity index (χ1n) is 8.58. The average molecular weight is 355 g/mol. The summed E-state index contributed by atoms with van der Waals surface area (Å²) in [4.78, 5) is 0.278. The van der Waals surface area contributed by atoms with E-state index in [2.05, 4.69) is 37.7 Å². The van der Waals surface area contributed by atoms with E-state index in [9.17, 15) is 8.42 Å². The van der Waals surface area contributed by atoms with Crippen LogP contribution in [-0.2, 0) is 10.0 Å². The average Bonchev–Trinajstić information content (AvgIpc) is 2.41. The molecule has 0 aliphatic carbocycles. The van der Waals surface area contributed by atoms with Gasteiger partial charge in [0, 0.05) is 17.1 Å². The molecule has 2 rings (SSSR count). The second-order valence-electron chi connectivity index (χ2n) is 7.94. The number of piperidine rings is 1. The van der Waals surface area contributed by atoms with Crippen molar-refractivity contribution >= 4 is 10.0 Å². The number of nitrogens with one attached hydrogen (secondary N) is 2. The van der Waals surface area contributed by atoms with E-state index in [-0.39, 0.29) is 22.0 Å². The molecular weight excluding hydrogens is 324 g/mol. The van der Waals surface area contributed by atoms with Gasteiger partial charge in [-0.1, -0.05) is 6.92 Å². The summed E-state index contributed by atoms with van der Waals surface area (Å²) in [6, 6.07) is 6.54. The van der Waals surface area contributed by atoms with Gasteiger partial charge in [-0.2, -0.15) is 0 Å². The molecule has 1 aliphatic heterocycles. The zero-order valence-corrected chi connectivity index (χ0v) is 16.2. The number of benzene rings is 1. The van der Waals surface area contributed by atoms with Gasteiger partial charge in [0.2, 0.25) is 10.0 Å². The summed E-state index contributed by atoms with van der Waals surface area (Å²) in [6.45, 7) is 11.1. The van der Waals surface area contributed by atoms with E-state index in [0.717, 1.165) is 19.3 Å². The number of sulfonamides is 1. The van der Waals surface area contributed by atoms with Gasteiger partial charge in [0.1, 0.15) is 5.75 Å². The maximum Gasteiger partial charge on any atom is 0.240 e. The van der Waals surface area contributed by atoms with Gasteiger partial charge in [-0.15, -0.1) is 0 Å². The fraction of sp³-hybridized carbons (Fsp3) is 0.667. The smallest absolute Gasteiger partial charge is 0.240 e. The number of ether oxygens (including phenoxy) is 1. The van der Waals surface area contributed by atoms with Crippen molar-refractivity contribution in [3.05, 3.63) is 24.3 Å². The highest BCUT2D eigenvalue weighted by Crippen LogP contribution is 2.29. The van der Waals surface area contributed by atoms with Crippen LogP contribution in [0.3, 0.4) is 0 Å². The topological polar surface area (TPSA) is 67.4 Å². The standard InChI is InChI=1S/C18H30N2O3S/c1-6-11-23-15-7-9-16(10-8-15)24(21,22)19-14-12-17(2,3)20-18(4,5)13-14/h7-10,14,19-20H,6,11-13H2,1-5H3. The molecule has 0 radical (unpaired) electrons. The van der Waals surface area contributed by atoms with Gasteiger partial charge < -0.3 is 10.1 Å². The highest BCUT2D eigenvalue weighted by molar-refractivity contribution is 7.89. The molecule has 0 bridgehead atoms. The van der Waals surface area contributed by atoms with Gasteiger partial charge >= 0.3 is 0 Å². The molecule has 0 aromatic heterocycles. The van der Waals surface area contributed by atoms with Crippen molar-refractivity contribution in [2.24, 2.45) is 0 Å². The maximum absolute atomic E-state index is 12.7. The van der Waals surface area contributed by atoms with E-state index in [1.54, 1.807) is 24.3 Å². The SMILES string of the molecule is CCCOc1ccc(S(=O)(=O)NC2CC(C)(C)NC(C)(C)C2)cc1. The summed E-state index contributed by atoms with van der Waals surface area (Å²) >= 11 is 0. The molecule has 2 N–H and O–H groups in total. The molecule has 1 aromatic carbocycles. The monoisotopic (exact) mass is 354 g/mol. The van der Waals surface area contributed by atoms with Crippen LogP contribution in [0.5, 0.6) is 5.75 Å². The van der Waals surface area contributed by atoms with Gasteiger partial charge in [-0.05, 0) is 71.2 Å². The van der Waals surface area contributed by atoms with E-state index < -0.39 is 10.0 Å². The highest BCUT2D eigenvalue weighted by Gasteiger charge is 2.39. The minimum atomic E-state index is -3.53. The van der Waals surface area contributed by atoms with Crippen LogP contribution in [0, 0.1) is 0 Å². The molecule has 1 heterocycles. The molecule has 136 valence electrons. The zero-order chi connectivity index (χ0) is 18.0. The Morgan fingerprint density at radius 3 is 2.17 bits per heavy atom. The van der Waals surface area contributed by atoms with Gasteiger partial charge in [-0.3, -0.25) is 0 Å². The first-order valence-corrected chi connectivity index (χ1v) is 10.1. The van der Waals surface area contributed by atoms with Crippen LogP contribution < -0.4 is 14.8 Å². The van der Waals surface area contributed by atoms with Gasteiger partial charge in [0.15, 0.2) is 0 Å². The van der Waals surface area contributed by atoms with Crippen LogP contribution in [0.1, 0.15) is 53.9 Å². The summed E-state index contributed by atoms with van der Waals surface area (Å²) < 4.78 is 33.7. The van der Waals surface area contributed by atoms with Crippen molar-refractivity contribution in [3.63, 3.8) is 0 Å². The van der Waals surface area contributed by atoms with E-state index >= 15 is 0 Å². The number of rotatable bonds is 6. The third-order valence-electron chi connectivity index (χ3n) is 4.12. The third-order valence-corrected chi connectivity index (χ3v) is 5.66. The van der Waals surface area contributed by atoms with Crippen molar-refractivity contribution < 1.29 is 13.2 Å². The molecule has 24 heavy (non-hydrogen) atoms. The Kier molecular flexibility index (Phi) is 5.62. The van der Waals surface area contributed by atoms with Crippen LogP contribution in [0.2, 0.25) is 0 Å². The predicted molar refractivity (Wildman–Crippen MR) is 96.9 cm³/mol. The molecule has 0 atom stereocenters. The Hall–Kier alpha value is -1.11. The second kappa shape index (κ2) is 7.02. The number of hydrogen-bond donors (Lipinski definition) is 2. The highest BCUT2D eigenvalue weighted by atomic mass is 32.2. The molecule has 0 spiro atoms. The first-order chi connectivity index (χ1) is 11.0. The Bertz CT molecular complexity index is 635. The maximum atomic E-state index is 12.7. The van der Waals surface area contributed by atoms with Gasteiger partial charge in [-0.25, -0.2) is 13.1 Å². The molecule has 1 aliphatic rings. The summed E-state index contributed by atoms with van der Waals surface area (Å²) in [5.41, 5.74) is -0.209. The van der Waals surface area contributed by atoms with Crippen LogP contribution in [0.25, 0.3) is 0 Å². The minimum Gasteiger partial charge on any atom is -0.494 e. The lowest BCUT2D eigenvalue weighted by molar-refractivity contribution is 0.157. The zero-order valence-electron chi connectivity index (χ0n) is 15.3. The van der Waals surface area contributed by atoms with Gasteiger partial charge in [0.25, 0.3) is 0 Å². The number of hydrogen-bond acceptors (Lipinski definition) is 4. The fourth-order valence-corrected chi connectivity index (χ4v) is 4.86. The third kappa shape index (κ3) is 5.19. The Labute approximate surface area is 146 Å². The Morgan fingerprint density at radius 2 is 1.67 bits per heavy atom. The van der Waals surface area contributed by atoms with Crippen molar-refractivity contribution in [2.45, 2.75) is 75.9 Å². The van der Waals surface area contributed by atoms with Crippen LogP contribution in [0.4, 0.5) is 0 Å². The van der Waals surface area contributed by atoms with Crippen molar-refractivity contribution in [3.8, 4) is 5.75 Å². The van der Waals surface area contributed by atoms with Crippen molar-refractivity contribution in [2.75, 3.05) is 6.61 Å². The van der Waals surface area contributed by atoms with Gasteiger partial charge in [0.05, 0.1) is 11.5 Å². The van der Waals surface area contributed by atoms with Crippen LogP contribution >= 0.6 is 0 Å². The van der Waals surface area contributed by atoms with Crippen molar-refractivity contribution in [1.29, 1.82) is 0 Å². The summed E-state index contributed by atoms with van der Waals surface area (Å²) in [6.07, 6.45) is 2.43.